The molecular formula is C12H11ClINO3. The topological polar surface area (TPSA) is 57.6 Å². The summed E-state index contributed by atoms with van der Waals surface area (Å²) >= 11 is 8.14. The SMILES string of the molecule is O=C(O)[C@H]1CCCN1C(=O)c1ccc(I)cc1Cl. The molecule has 1 aromatic rings. The van der Waals surface area contributed by atoms with Crippen LogP contribution in [0.3, 0.4) is 0 Å². The second kappa shape index (κ2) is 5.44. The smallest absolute Gasteiger partial charge is 0.326 e. The predicted octanol–water partition coefficient (Wildman–Crippen LogP) is 2.63. The molecule has 1 saturated heterocycles. The number of carbonyl (C=O) groups excluding carboxylic acids is 1. The van der Waals surface area contributed by atoms with Gasteiger partial charge in [0.25, 0.3) is 5.91 Å². The summed E-state index contributed by atoms with van der Waals surface area (Å²) in [6.07, 6.45) is 1.22. The number of nitrogens with zero attached hydrogens (tertiary/aromatic N) is 1. The molecule has 1 fully saturated rings. The van der Waals surface area contributed by atoms with E-state index in [2.05, 4.69) is 22.6 Å². The van der Waals surface area contributed by atoms with Crippen molar-refractivity contribution in [2.24, 2.45) is 0 Å². The van der Waals surface area contributed by atoms with Crippen molar-refractivity contribution in [1.29, 1.82) is 0 Å². The van der Waals surface area contributed by atoms with E-state index >= 15 is 0 Å². The first kappa shape index (κ1) is 13.6. The molecule has 4 nitrogen and oxygen atoms in total. The number of hydrogen-bond acceptors (Lipinski definition) is 2. The molecule has 2 rings (SSSR count). The van der Waals surface area contributed by atoms with E-state index in [0.29, 0.717) is 30.0 Å². The fraction of sp³-hybridized carbons (Fsp3) is 0.333. The van der Waals surface area contributed by atoms with Gasteiger partial charge in [-0.2, -0.15) is 0 Å². The molecule has 1 N–H and O–H groups in total. The van der Waals surface area contributed by atoms with Gasteiger partial charge in [0.15, 0.2) is 0 Å². The van der Waals surface area contributed by atoms with Gasteiger partial charge in [-0.15, -0.1) is 0 Å². The Balaban J connectivity index is 2.28. The number of benzene rings is 1. The first-order valence-electron chi connectivity index (χ1n) is 5.49. The Morgan fingerprint density at radius 3 is 2.78 bits per heavy atom. The van der Waals surface area contributed by atoms with Gasteiger partial charge in [0.1, 0.15) is 6.04 Å². The molecule has 0 aliphatic carbocycles. The maximum Gasteiger partial charge on any atom is 0.326 e. The number of hydrogen-bond donors (Lipinski definition) is 1. The maximum atomic E-state index is 12.3. The molecule has 1 amide bonds. The number of carboxylic acids is 1. The average Bonchev–Trinajstić information content (AvgIpc) is 2.77. The summed E-state index contributed by atoms with van der Waals surface area (Å²) < 4.78 is 0.936. The molecule has 0 spiro atoms. The number of halogens is 2. The molecule has 96 valence electrons. The highest BCUT2D eigenvalue weighted by molar-refractivity contribution is 14.1. The molecule has 6 heteroatoms. The Morgan fingerprint density at radius 2 is 2.17 bits per heavy atom. The molecule has 1 heterocycles. The number of carboxylic acid groups (broad SMARTS) is 1. The molecule has 0 unspecified atom stereocenters. The lowest BCUT2D eigenvalue weighted by Crippen LogP contribution is -2.40. The highest BCUT2D eigenvalue weighted by Gasteiger charge is 2.34. The average molecular weight is 380 g/mol. The van der Waals surface area contributed by atoms with Gasteiger partial charge in [-0.25, -0.2) is 4.79 Å². The summed E-state index contributed by atoms with van der Waals surface area (Å²) in [5.74, 6) is -1.26. The highest BCUT2D eigenvalue weighted by atomic mass is 127. The minimum Gasteiger partial charge on any atom is -0.480 e. The summed E-state index contributed by atoms with van der Waals surface area (Å²) in [5, 5.41) is 9.43. The van der Waals surface area contributed by atoms with Gasteiger partial charge in [-0.1, -0.05) is 11.6 Å². The lowest BCUT2D eigenvalue weighted by molar-refractivity contribution is -0.141. The van der Waals surface area contributed by atoms with Crippen molar-refractivity contribution < 1.29 is 14.7 Å². The van der Waals surface area contributed by atoms with E-state index in [4.69, 9.17) is 16.7 Å². The highest BCUT2D eigenvalue weighted by Crippen LogP contribution is 2.25. The van der Waals surface area contributed by atoms with Gasteiger partial charge < -0.3 is 10.0 Å². The second-order valence-electron chi connectivity index (χ2n) is 4.12. The number of likely N-dealkylation sites (tertiary alicyclic amines) is 1. The van der Waals surface area contributed by atoms with Crippen LogP contribution in [0.5, 0.6) is 0 Å². The van der Waals surface area contributed by atoms with Crippen LogP contribution in [0.15, 0.2) is 18.2 Å². The van der Waals surface area contributed by atoms with Crippen LogP contribution in [0.2, 0.25) is 5.02 Å². The third-order valence-electron chi connectivity index (χ3n) is 2.96. The number of amides is 1. The molecule has 0 radical (unpaired) electrons. The fourth-order valence-corrected chi connectivity index (χ4v) is 3.02. The van der Waals surface area contributed by atoms with E-state index in [9.17, 15) is 9.59 Å². The van der Waals surface area contributed by atoms with Crippen molar-refractivity contribution in [1.82, 2.24) is 4.90 Å². The van der Waals surface area contributed by atoms with E-state index in [0.717, 1.165) is 3.57 Å². The summed E-state index contributed by atoms with van der Waals surface area (Å²) in [6.45, 7) is 0.470. The molecule has 1 aliphatic rings. The first-order valence-corrected chi connectivity index (χ1v) is 6.95. The number of carbonyl (C=O) groups is 2. The summed E-state index contributed by atoms with van der Waals surface area (Å²) in [6, 6.07) is 4.39. The summed E-state index contributed by atoms with van der Waals surface area (Å²) in [5.41, 5.74) is 0.366. The summed E-state index contributed by atoms with van der Waals surface area (Å²) in [7, 11) is 0. The Morgan fingerprint density at radius 1 is 1.44 bits per heavy atom. The fourth-order valence-electron chi connectivity index (χ4n) is 2.08. The van der Waals surface area contributed by atoms with Gasteiger partial charge >= 0.3 is 5.97 Å². The van der Waals surface area contributed by atoms with Crippen molar-refractivity contribution >= 4 is 46.1 Å². The van der Waals surface area contributed by atoms with Crippen LogP contribution in [0.4, 0.5) is 0 Å². The number of aliphatic carboxylic acids is 1. The maximum absolute atomic E-state index is 12.3. The van der Waals surface area contributed by atoms with Gasteiger partial charge in [0.05, 0.1) is 10.6 Å². The molecule has 1 aliphatic heterocycles. The Labute approximate surface area is 123 Å². The molecule has 1 atom stereocenters. The van der Waals surface area contributed by atoms with Crippen LogP contribution < -0.4 is 0 Å². The quantitative estimate of drug-likeness (QED) is 0.804. The zero-order valence-electron chi connectivity index (χ0n) is 9.40. The van der Waals surface area contributed by atoms with Gasteiger partial charge in [0.2, 0.25) is 0 Å². The second-order valence-corrected chi connectivity index (χ2v) is 5.77. The first-order chi connectivity index (χ1) is 8.50. The third kappa shape index (κ3) is 2.61. The Bertz CT molecular complexity index is 506. The number of rotatable bonds is 2. The van der Waals surface area contributed by atoms with Crippen molar-refractivity contribution in [3.63, 3.8) is 0 Å². The Hall–Kier alpha value is -0.820. The normalized spacial score (nSPS) is 19.0. The van der Waals surface area contributed by atoms with Crippen molar-refractivity contribution in [2.75, 3.05) is 6.54 Å². The monoisotopic (exact) mass is 379 g/mol. The van der Waals surface area contributed by atoms with Crippen LogP contribution >= 0.6 is 34.2 Å². The lowest BCUT2D eigenvalue weighted by atomic mass is 10.1. The van der Waals surface area contributed by atoms with E-state index in [1.807, 2.05) is 0 Å². The molecule has 1 aromatic carbocycles. The molecular weight excluding hydrogens is 368 g/mol. The van der Waals surface area contributed by atoms with E-state index < -0.39 is 12.0 Å². The van der Waals surface area contributed by atoms with Crippen LogP contribution in [0.1, 0.15) is 23.2 Å². The summed E-state index contributed by atoms with van der Waals surface area (Å²) in [4.78, 5) is 24.7. The van der Waals surface area contributed by atoms with E-state index in [1.54, 1.807) is 18.2 Å². The Kier molecular flexibility index (Phi) is 4.11. The van der Waals surface area contributed by atoms with Gasteiger partial charge in [0, 0.05) is 10.1 Å². The van der Waals surface area contributed by atoms with Crippen LogP contribution in [0, 0.1) is 3.57 Å². The minimum atomic E-state index is -0.956. The van der Waals surface area contributed by atoms with Gasteiger partial charge in [-0.05, 0) is 53.6 Å². The largest absolute Gasteiger partial charge is 0.480 e. The molecule has 0 bridgehead atoms. The predicted molar refractivity (Wildman–Crippen MR) is 75.9 cm³/mol. The van der Waals surface area contributed by atoms with Crippen molar-refractivity contribution in [3.05, 3.63) is 32.4 Å². The van der Waals surface area contributed by atoms with Crippen LogP contribution in [-0.4, -0.2) is 34.5 Å². The minimum absolute atomic E-state index is 0.304. The van der Waals surface area contributed by atoms with E-state index in [1.165, 1.54) is 4.90 Å². The molecule has 0 aromatic heterocycles. The molecule has 0 saturated carbocycles. The zero-order valence-corrected chi connectivity index (χ0v) is 12.3. The van der Waals surface area contributed by atoms with Crippen LogP contribution in [0.25, 0.3) is 0 Å². The zero-order chi connectivity index (χ0) is 13.3. The van der Waals surface area contributed by atoms with E-state index in [-0.39, 0.29) is 5.91 Å². The van der Waals surface area contributed by atoms with Gasteiger partial charge in [-0.3, -0.25) is 4.79 Å². The van der Waals surface area contributed by atoms with Crippen LogP contribution in [-0.2, 0) is 4.79 Å². The third-order valence-corrected chi connectivity index (χ3v) is 3.94. The van der Waals surface area contributed by atoms with Crippen molar-refractivity contribution in [2.45, 2.75) is 18.9 Å². The lowest BCUT2D eigenvalue weighted by Gasteiger charge is -2.21. The standard InChI is InChI=1S/C12H11ClINO3/c13-9-6-7(14)3-4-8(9)11(16)15-5-1-2-10(15)12(17)18/h3-4,6,10H,1-2,5H2,(H,17,18)/t10-/m1/s1. The van der Waals surface area contributed by atoms with Crippen molar-refractivity contribution in [3.8, 4) is 0 Å². The molecule has 18 heavy (non-hydrogen) atoms.